The zero-order valence-corrected chi connectivity index (χ0v) is 14.3. The van der Waals surface area contributed by atoms with Gasteiger partial charge in [-0.1, -0.05) is 27.2 Å². The van der Waals surface area contributed by atoms with Gasteiger partial charge in [0.2, 0.25) is 0 Å². The summed E-state index contributed by atoms with van der Waals surface area (Å²) >= 11 is 0. The minimum absolute atomic E-state index is 0.0269. The van der Waals surface area contributed by atoms with Gasteiger partial charge in [0.1, 0.15) is 0 Å². The van der Waals surface area contributed by atoms with Crippen molar-refractivity contribution in [1.82, 2.24) is 0 Å². The molecule has 0 aliphatic heterocycles. The van der Waals surface area contributed by atoms with Gasteiger partial charge in [0.15, 0.2) is 0 Å². The van der Waals surface area contributed by atoms with Crippen LogP contribution in [0.5, 0.6) is 0 Å². The van der Waals surface area contributed by atoms with Crippen molar-refractivity contribution in [2.24, 2.45) is 34.0 Å². The lowest BCUT2D eigenvalue weighted by atomic mass is 9.33. The minimum atomic E-state index is -0.728. The van der Waals surface area contributed by atoms with Crippen molar-refractivity contribution in [3.05, 3.63) is 0 Å². The van der Waals surface area contributed by atoms with E-state index < -0.39 is 5.60 Å². The molecule has 4 aliphatic carbocycles. The Morgan fingerprint density at radius 2 is 1.62 bits per heavy atom. The third-order valence-electron chi connectivity index (χ3n) is 8.37. The molecular formula is C20H34O. The van der Waals surface area contributed by atoms with Crippen molar-refractivity contribution in [3.8, 4) is 0 Å². The third kappa shape index (κ3) is 1.68. The molecule has 0 saturated heterocycles. The van der Waals surface area contributed by atoms with Crippen LogP contribution >= 0.6 is 0 Å². The molecule has 0 aromatic heterocycles. The van der Waals surface area contributed by atoms with Crippen LogP contribution in [0.3, 0.4) is 0 Å². The van der Waals surface area contributed by atoms with Crippen LogP contribution in [0.15, 0.2) is 0 Å². The Balaban J connectivity index is 1.78. The molecule has 1 spiro atoms. The quantitative estimate of drug-likeness (QED) is 0.653. The second-order valence-corrected chi connectivity index (χ2v) is 9.84. The van der Waals surface area contributed by atoms with Crippen LogP contribution in [0.25, 0.3) is 0 Å². The molecule has 0 aromatic rings. The molecule has 1 N–H and O–H groups in total. The fraction of sp³-hybridized carbons (Fsp3) is 1.00. The van der Waals surface area contributed by atoms with E-state index in [1.54, 1.807) is 0 Å². The van der Waals surface area contributed by atoms with E-state index in [1.807, 2.05) is 6.92 Å². The number of aliphatic hydroxyl groups is 1. The van der Waals surface area contributed by atoms with Gasteiger partial charge in [-0.2, -0.15) is 0 Å². The Labute approximate surface area is 133 Å². The smallest absolute Gasteiger partial charge is 0.0653 e. The van der Waals surface area contributed by atoms with Crippen LogP contribution in [-0.2, 0) is 0 Å². The van der Waals surface area contributed by atoms with Gasteiger partial charge in [-0.3, -0.25) is 0 Å². The van der Waals surface area contributed by atoms with Gasteiger partial charge < -0.3 is 5.11 Å². The molecule has 0 heterocycles. The highest BCUT2D eigenvalue weighted by molar-refractivity contribution is 5.17. The second-order valence-electron chi connectivity index (χ2n) is 9.84. The van der Waals surface area contributed by atoms with E-state index in [0.29, 0.717) is 16.7 Å². The SMILES string of the molecule is [2H]C1C([2H])[C@@]23CC[C@H]4C(C)(C)CCC[C@]4(C)[C@H]2CC[C@@](C)(O)[C@@H]13. The van der Waals surface area contributed by atoms with Crippen LogP contribution < -0.4 is 0 Å². The maximum atomic E-state index is 11.0. The zero-order valence-electron chi connectivity index (χ0n) is 16.3. The summed E-state index contributed by atoms with van der Waals surface area (Å²) in [6.45, 7) is 9.36. The molecule has 1 heteroatoms. The molecule has 4 aliphatic rings. The largest absolute Gasteiger partial charge is 0.390 e. The zero-order chi connectivity index (χ0) is 16.8. The second kappa shape index (κ2) is 4.08. The molecule has 2 unspecified atom stereocenters. The van der Waals surface area contributed by atoms with Crippen LogP contribution in [-0.4, -0.2) is 10.7 Å². The fourth-order valence-corrected chi connectivity index (χ4v) is 7.47. The summed E-state index contributed by atoms with van der Waals surface area (Å²) < 4.78 is 17.2. The summed E-state index contributed by atoms with van der Waals surface area (Å²) in [7, 11) is 0. The average Bonchev–Trinajstić information content (AvgIpc) is 2.44. The molecular weight excluding hydrogens is 256 g/mol. The predicted octanol–water partition coefficient (Wildman–Crippen LogP) is 5.17. The van der Waals surface area contributed by atoms with Gasteiger partial charge in [0.25, 0.3) is 0 Å². The summed E-state index contributed by atoms with van der Waals surface area (Å²) in [4.78, 5) is 0. The van der Waals surface area contributed by atoms with Gasteiger partial charge in [-0.25, -0.2) is 0 Å². The number of hydrogen-bond acceptors (Lipinski definition) is 1. The highest BCUT2D eigenvalue weighted by Gasteiger charge is 2.68. The molecule has 4 rings (SSSR count). The first kappa shape index (κ1) is 12.4. The highest BCUT2D eigenvalue weighted by atomic mass is 16.3. The normalized spacial score (nSPS) is 66.8. The fourth-order valence-electron chi connectivity index (χ4n) is 7.47. The lowest BCUT2D eigenvalue weighted by Gasteiger charge is -2.72. The number of fused-ring (bicyclic) bond motifs is 2. The predicted molar refractivity (Wildman–Crippen MR) is 87.0 cm³/mol. The number of hydrogen-bond donors (Lipinski definition) is 1. The Morgan fingerprint density at radius 1 is 0.905 bits per heavy atom. The van der Waals surface area contributed by atoms with E-state index >= 15 is 0 Å². The van der Waals surface area contributed by atoms with Crippen LogP contribution in [0.2, 0.25) is 0 Å². The third-order valence-corrected chi connectivity index (χ3v) is 8.37. The summed E-state index contributed by atoms with van der Waals surface area (Å²) in [6, 6.07) is 0. The molecule has 4 fully saturated rings. The van der Waals surface area contributed by atoms with Crippen molar-refractivity contribution in [2.75, 3.05) is 0 Å². The minimum Gasteiger partial charge on any atom is -0.390 e. The monoisotopic (exact) mass is 292 g/mol. The summed E-state index contributed by atoms with van der Waals surface area (Å²) in [5.41, 5.74) is -0.0828. The van der Waals surface area contributed by atoms with E-state index in [9.17, 15) is 5.11 Å². The highest BCUT2D eigenvalue weighted by Crippen LogP contribution is 2.74. The molecule has 0 bridgehead atoms. The standard InChI is InChI=1S/C20H34O/c1-17(2)9-5-10-18(3)14(17)7-12-20-13-8-16(20)19(4,21)11-6-15(18)20/h14-16,21H,5-13H2,1-4H3/t14-,15+,16+,18-,19+,20-/m0/s1/i8D,13D/t8?,13?,14-,15+,16+,18-,19+,20-. The van der Waals surface area contributed by atoms with Crippen molar-refractivity contribution < 1.29 is 7.85 Å². The van der Waals surface area contributed by atoms with E-state index in [2.05, 4.69) is 20.8 Å². The Bertz CT molecular complexity index is 516. The summed E-state index contributed by atoms with van der Waals surface area (Å²) in [5, 5.41) is 11.0. The van der Waals surface area contributed by atoms with E-state index in [4.69, 9.17) is 2.74 Å². The lowest BCUT2D eigenvalue weighted by Crippen LogP contribution is -2.67. The van der Waals surface area contributed by atoms with Crippen molar-refractivity contribution in [3.63, 3.8) is 0 Å². The first-order chi connectivity index (χ1) is 10.6. The lowest BCUT2D eigenvalue weighted by molar-refractivity contribution is -0.256. The maximum absolute atomic E-state index is 11.0. The molecule has 4 saturated carbocycles. The molecule has 1 nitrogen and oxygen atoms in total. The van der Waals surface area contributed by atoms with Gasteiger partial charge in [-0.15, -0.1) is 0 Å². The molecule has 0 amide bonds. The van der Waals surface area contributed by atoms with Gasteiger partial charge in [0.05, 0.1) is 5.60 Å². The van der Waals surface area contributed by atoms with Gasteiger partial charge in [0, 0.05) is 2.74 Å². The molecule has 120 valence electrons. The van der Waals surface area contributed by atoms with E-state index in [-0.39, 0.29) is 24.1 Å². The van der Waals surface area contributed by atoms with Gasteiger partial charge in [-0.05, 0) is 92.2 Å². The van der Waals surface area contributed by atoms with E-state index in [0.717, 1.165) is 25.2 Å². The Morgan fingerprint density at radius 3 is 2.38 bits per heavy atom. The number of rotatable bonds is 0. The molecule has 21 heavy (non-hydrogen) atoms. The first-order valence-corrected chi connectivity index (χ1v) is 9.14. The maximum Gasteiger partial charge on any atom is 0.0653 e. The Hall–Kier alpha value is -0.0400. The van der Waals surface area contributed by atoms with Crippen LogP contribution in [0.4, 0.5) is 0 Å². The van der Waals surface area contributed by atoms with Crippen molar-refractivity contribution in [1.29, 1.82) is 0 Å². The summed E-state index contributed by atoms with van der Waals surface area (Å²) in [6.07, 6.45) is 7.43. The van der Waals surface area contributed by atoms with E-state index in [1.165, 1.54) is 25.7 Å². The Kier molecular flexibility index (Phi) is 2.40. The molecule has 0 aromatic carbocycles. The van der Waals surface area contributed by atoms with Crippen molar-refractivity contribution in [2.45, 2.75) is 91.0 Å². The topological polar surface area (TPSA) is 20.2 Å². The first-order valence-electron chi connectivity index (χ1n) is 10.3. The van der Waals surface area contributed by atoms with Gasteiger partial charge >= 0.3 is 0 Å². The van der Waals surface area contributed by atoms with Crippen LogP contribution in [0.1, 0.15) is 88.2 Å². The van der Waals surface area contributed by atoms with Crippen molar-refractivity contribution >= 4 is 0 Å². The molecule has 0 radical (unpaired) electrons. The summed E-state index contributed by atoms with van der Waals surface area (Å²) in [5.74, 6) is 1.32. The average molecular weight is 293 g/mol. The van der Waals surface area contributed by atoms with Crippen LogP contribution in [0, 0.1) is 34.0 Å². The molecule has 8 atom stereocenters.